The minimum Gasteiger partial charge on any atom is -0.422 e. The first-order valence-corrected chi connectivity index (χ1v) is 11.1. The summed E-state index contributed by atoms with van der Waals surface area (Å²) in [6, 6.07) is 12.2. The van der Waals surface area contributed by atoms with Crippen molar-refractivity contribution in [3.63, 3.8) is 0 Å². The van der Waals surface area contributed by atoms with Crippen molar-refractivity contribution in [3.8, 4) is 10.6 Å². The summed E-state index contributed by atoms with van der Waals surface area (Å²) in [5.41, 5.74) is 5.99. The van der Waals surface area contributed by atoms with Gasteiger partial charge in [-0.25, -0.2) is 9.78 Å². The molecule has 2 aromatic heterocycles. The molecule has 2 aliphatic rings. The van der Waals surface area contributed by atoms with E-state index in [-0.39, 0.29) is 11.0 Å². The molecule has 0 atom stereocenters. The molecule has 0 amide bonds. The van der Waals surface area contributed by atoms with E-state index in [0.29, 0.717) is 5.56 Å². The number of thiazole rings is 1. The van der Waals surface area contributed by atoms with Crippen LogP contribution in [-0.2, 0) is 11.8 Å². The van der Waals surface area contributed by atoms with Crippen LogP contribution in [0.5, 0.6) is 0 Å². The lowest BCUT2D eigenvalue weighted by Gasteiger charge is -2.43. The van der Waals surface area contributed by atoms with Gasteiger partial charge < -0.3 is 9.32 Å². The quantitative estimate of drug-likeness (QED) is 0.394. The monoisotopic (exact) mass is 402 g/mol. The fourth-order valence-corrected chi connectivity index (χ4v) is 5.87. The average Bonchev–Trinajstić information content (AvgIpc) is 3.14. The van der Waals surface area contributed by atoms with E-state index in [2.05, 4.69) is 29.8 Å². The largest absolute Gasteiger partial charge is 0.422 e. The highest BCUT2D eigenvalue weighted by Gasteiger charge is 2.36. The van der Waals surface area contributed by atoms with E-state index in [1.54, 1.807) is 11.3 Å². The van der Waals surface area contributed by atoms with Gasteiger partial charge in [-0.15, -0.1) is 11.3 Å². The molecule has 0 fully saturated rings. The maximum Gasteiger partial charge on any atom is 0.346 e. The van der Waals surface area contributed by atoms with Gasteiger partial charge in [0.25, 0.3) is 0 Å². The molecule has 0 unspecified atom stereocenters. The molecule has 2 aliphatic heterocycles. The summed E-state index contributed by atoms with van der Waals surface area (Å²) in [6.45, 7) is 6.82. The van der Waals surface area contributed by atoms with Gasteiger partial charge in [-0.1, -0.05) is 26.0 Å². The van der Waals surface area contributed by atoms with Crippen LogP contribution in [0.25, 0.3) is 31.8 Å². The van der Waals surface area contributed by atoms with Gasteiger partial charge in [0.1, 0.15) is 10.6 Å². The third-order valence-electron chi connectivity index (χ3n) is 6.52. The highest BCUT2D eigenvalue weighted by Crippen LogP contribution is 2.46. The van der Waals surface area contributed by atoms with Gasteiger partial charge >= 0.3 is 5.63 Å². The lowest BCUT2D eigenvalue weighted by Crippen LogP contribution is -2.40. The minimum absolute atomic E-state index is 0.123. The molecule has 29 heavy (non-hydrogen) atoms. The normalized spacial score (nSPS) is 17.7. The zero-order chi connectivity index (χ0) is 19.8. The van der Waals surface area contributed by atoms with E-state index in [4.69, 9.17) is 4.42 Å². The number of hydrogen-bond acceptors (Lipinski definition) is 5. The molecular formula is C24H22N2O2S. The van der Waals surface area contributed by atoms with Crippen LogP contribution in [0.2, 0.25) is 0 Å². The molecule has 0 N–H and O–H groups in total. The zero-order valence-corrected chi connectivity index (χ0v) is 17.4. The fourth-order valence-electron chi connectivity index (χ4n) is 4.90. The van der Waals surface area contributed by atoms with Crippen molar-refractivity contribution < 1.29 is 4.42 Å². The molecular weight excluding hydrogens is 380 g/mol. The van der Waals surface area contributed by atoms with Gasteiger partial charge in [0, 0.05) is 29.7 Å². The summed E-state index contributed by atoms with van der Waals surface area (Å²) in [5, 5.41) is 1.75. The van der Waals surface area contributed by atoms with Gasteiger partial charge in [0.05, 0.1) is 15.8 Å². The first-order valence-electron chi connectivity index (χ1n) is 10.3. The molecule has 0 aliphatic carbocycles. The first-order chi connectivity index (χ1) is 14.0. The predicted octanol–water partition coefficient (Wildman–Crippen LogP) is 5.50. The van der Waals surface area contributed by atoms with Crippen LogP contribution in [0.3, 0.4) is 0 Å². The third kappa shape index (κ3) is 2.50. The van der Waals surface area contributed by atoms with Gasteiger partial charge in [0.2, 0.25) is 0 Å². The molecule has 0 saturated carbocycles. The number of aryl methyl sites for hydroxylation is 1. The molecule has 4 nitrogen and oxygen atoms in total. The van der Waals surface area contributed by atoms with Crippen molar-refractivity contribution in [2.24, 2.45) is 0 Å². The lowest BCUT2D eigenvalue weighted by molar-refractivity contribution is 0.444. The Bertz CT molecular complexity index is 1320. The predicted molar refractivity (Wildman–Crippen MR) is 119 cm³/mol. The average molecular weight is 403 g/mol. The van der Waals surface area contributed by atoms with E-state index in [9.17, 15) is 4.79 Å². The number of rotatable bonds is 1. The van der Waals surface area contributed by atoms with Crippen molar-refractivity contribution in [1.29, 1.82) is 0 Å². The summed E-state index contributed by atoms with van der Waals surface area (Å²) in [5.74, 6) is 0. The summed E-state index contributed by atoms with van der Waals surface area (Å²) in [6.07, 6.45) is 3.22. The molecule has 146 valence electrons. The topological polar surface area (TPSA) is 46.3 Å². The lowest BCUT2D eigenvalue weighted by atomic mass is 9.74. The maximum absolute atomic E-state index is 13.0. The number of anilines is 1. The van der Waals surface area contributed by atoms with Gasteiger partial charge in [-0.3, -0.25) is 0 Å². The SMILES string of the molecule is CC1(C)CCN2CCCc3c2c1cc1cc(-c2nc4ccccc4s2)c(=O)oc31. The number of nitrogens with zero attached hydrogens (tertiary/aromatic N) is 2. The van der Waals surface area contributed by atoms with Crippen LogP contribution in [0.1, 0.15) is 37.8 Å². The van der Waals surface area contributed by atoms with Crippen molar-refractivity contribution >= 4 is 38.2 Å². The Morgan fingerprint density at radius 1 is 1.17 bits per heavy atom. The van der Waals surface area contributed by atoms with E-state index in [0.717, 1.165) is 58.5 Å². The Hall–Kier alpha value is -2.66. The van der Waals surface area contributed by atoms with E-state index < -0.39 is 0 Å². The summed E-state index contributed by atoms with van der Waals surface area (Å²) >= 11 is 1.54. The zero-order valence-electron chi connectivity index (χ0n) is 16.6. The maximum atomic E-state index is 13.0. The second-order valence-corrected chi connectivity index (χ2v) is 9.86. The second-order valence-electron chi connectivity index (χ2n) is 8.83. The molecule has 4 heterocycles. The summed E-state index contributed by atoms with van der Waals surface area (Å²) < 4.78 is 7.05. The third-order valence-corrected chi connectivity index (χ3v) is 7.59. The van der Waals surface area contributed by atoms with Gasteiger partial charge in [-0.05, 0) is 54.5 Å². The molecule has 5 heteroatoms. The highest BCUT2D eigenvalue weighted by atomic mass is 32.1. The molecule has 6 rings (SSSR count). The van der Waals surface area contributed by atoms with Crippen LogP contribution in [0, 0.1) is 0 Å². The molecule has 0 spiro atoms. The molecule has 0 radical (unpaired) electrons. The minimum atomic E-state index is -0.292. The van der Waals surface area contributed by atoms with Crippen LogP contribution in [-0.4, -0.2) is 18.1 Å². The number of para-hydroxylation sites is 1. The molecule has 0 saturated heterocycles. The van der Waals surface area contributed by atoms with E-state index in [1.165, 1.54) is 16.8 Å². The van der Waals surface area contributed by atoms with Crippen molar-refractivity contribution in [3.05, 3.63) is 57.9 Å². The fraction of sp³-hybridized carbons (Fsp3) is 0.333. The van der Waals surface area contributed by atoms with E-state index >= 15 is 0 Å². The standard InChI is InChI=1S/C24H22N2O2S/c1-24(2)9-11-26-10-5-6-15-20(26)17(24)13-14-12-16(23(27)28-21(14)15)22-25-18-7-3-4-8-19(18)29-22/h3-4,7-8,12-13H,5-6,9-11H2,1-2H3. The Labute approximate surface area is 172 Å². The van der Waals surface area contributed by atoms with Crippen molar-refractivity contribution in [2.45, 2.75) is 38.5 Å². The van der Waals surface area contributed by atoms with E-state index in [1.807, 2.05) is 30.3 Å². The van der Waals surface area contributed by atoms with Gasteiger partial charge in [0.15, 0.2) is 0 Å². The van der Waals surface area contributed by atoms with Crippen molar-refractivity contribution in [2.75, 3.05) is 18.0 Å². The Morgan fingerprint density at radius 3 is 2.90 bits per heavy atom. The Kier molecular flexibility index (Phi) is 3.52. The number of aromatic nitrogens is 1. The summed E-state index contributed by atoms with van der Waals surface area (Å²) in [7, 11) is 0. The number of benzene rings is 2. The molecule has 4 aromatic rings. The Morgan fingerprint density at radius 2 is 2.03 bits per heavy atom. The molecule has 0 bridgehead atoms. The molecule has 2 aromatic carbocycles. The highest BCUT2D eigenvalue weighted by molar-refractivity contribution is 7.21. The van der Waals surface area contributed by atoms with Gasteiger partial charge in [-0.2, -0.15) is 0 Å². The van der Waals surface area contributed by atoms with Crippen LogP contribution >= 0.6 is 11.3 Å². The van der Waals surface area contributed by atoms with Crippen LogP contribution in [0.15, 0.2) is 45.6 Å². The summed E-state index contributed by atoms with van der Waals surface area (Å²) in [4.78, 5) is 20.1. The first kappa shape index (κ1) is 17.2. The van der Waals surface area contributed by atoms with Crippen LogP contribution < -0.4 is 10.5 Å². The number of fused-ring (bicyclic) bond motifs is 3. The number of hydrogen-bond donors (Lipinski definition) is 0. The Balaban J connectivity index is 1.64. The van der Waals surface area contributed by atoms with Crippen molar-refractivity contribution in [1.82, 2.24) is 4.98 Å². The second kappa shape index (κ2) is 5.92. The smallest absolute Gasteiger partial charge is 0.346 e. The van der Waals surface area contributed by atoms with Crippen LogP contribution in [0.4, 0.5) is 5.69 Å².